The van der Waals surface area contributed by atoms with Gasteiger partial charge in [-0.15, -0.1) is 0 Å². The van der Waals surface area contributed by atoms with Gasteiger partial charge in [0, 0.05) is 36.5 Å². The van der Waals surface area contributed by atoms with Crippen molar-refractivity contribution in [3.05, 3.63) is 61.4 Å². The van der Waals surface area contributed by atoms with Crippen molar-refractivity contribution in [2.75, 3.05) is 37.7 Å². The molecule has 2 aliphatic heterocycles. The lowest BCUT2D eigenvalue weighted by Gasteiger charge is -2.30. The molecular formula is C18H18F2N4O4. The largest absolute Gasteiger partial charge is 0.378 e. The molecule has 4 rings (SSSR count). The topological polar surface area (TPSA) is 98.5 Å². The lowest BCUT2D eigenvalue weighted by Crippen LogP contribution is -2.41. The lowest BCUT2D eigenvalue weighted by atomic mass is 10.0. The number of hydrogen-bond donors (Lipinski definition) is 2. The predicted molar refractivity (Wildman–Crippen MR) is 95.5 cm³/mol. The molecule has 1 fully saturated rings. The van der Waals surface area contributed by atoms with Gasteiger partial charge in [0.05, 0.1) is 19.8 Å². The molecule has 10 heteroatoms. The van der Waals surface area contributed by atoms with Crippen LogP contribution in [0.3, 0.4) is 0 Å². The molecule has 0 bridgehead atoms. The quantitative estimate of drug-likeness (QED) is 0.770. The SMILES string of the molecule is O=C(c1cc(F)c(N2CCOCC2)c(F)c1)N1CCc2c([nH]c(=O)[nH]c2=O)C1. The second-order valence-electron chi connectivity index (χ2n) is 6.73. The Bertz CT molecular complexity index is 1020. The van der Waals surface area contributed by atoms with Gasteiger partial charge in [0.1, 0.15) is 17.3 Å². The third-order valence-corrected chi connectivity index (χ3v) is 4.99. The molecular weight excluding hydrogens is 374 g/mol. The number of halogens is 2. The number of aromatic nitrogens is 2. The summed E-state index contributed by atoms with van der Waals surface area (Å²) in [6.45, 7) is 1.68. The van der Waals surface area contributed by atoms with E-state index in [0.717, 1.165) is 12.1 Å². The van der Waals surface area contributed by atoms with Crippen molar-refractivity contribution in [2.24, 2.45) is 0 Å². The van der Waals surface area contributed by atoms with Gasteiger partial charge >= 0.3 is 5.69 Å². The fourth-order valence-corrected chi connectivity index (χ4v) is 3.61. The Morgan fingerprint density at radius 1 is 1.04 bits per heavy atom. The molecule has 1 aromatic heterocycles. The number of aromatic amines is 2. The van der Waals surface area contributed by atoms with Crippen LogP contribution < -0.4 is 16.1 Å². The minimum Gasteiger partial charge on any atom is -0.378 e. The second-order valence-corrected chi connectivity index (χ2v) is 6.73. The fourth-order valence-electron chi connectivity index (χ4n) is 3.61. The van der Waals surface area contributed by atoms with E-state index in [1.165, 1.54) is 4.90 Å². The Hall–Kier alpha value is -3.01. The molecule has 3 heterocycles. The number of fused-ring (bicyclic) bond motifs is 1. The van der Waals surface area contributed by atoms with Crippen LogP contribution in [-0.4, -0.2) is 53.6 Å². The third kappa shape index (κ3) is 3.31. The standard InChI is InChI=1S/C18H18F2N4O4/c19-12-7-10(8-13(20)15(12)23-3-5-28-6-4-23)17(26)24-2-1-11-14(9-24)21-18(27)22-16(11)25/h7-8H,1-6,9H2,(H2,21,22,25,27). The van der Waals surface area contributed by atoms with E-state index in [9.17, 15) is 23.2 Å². The zero-order chi connectivity index (χ0) is 19.8. The van der Waals surface area contributed by atoms with Crippen LogP contribution in [0, 0.1) is 11.6 Å². The van der Waals surface area contributed by atoms with Gasteiger partial charge in [-0.3, -0.25) is 14.6 Å². The predicted octanol–water partition coefficient (Wildman–Crippen LogP) is 0.377. The second kappa shape index (κ2) is 7.19. The minimum atomic E-state index is -0.812. The summed E-state index contributed by atoms with van der Waals surface area (Å²) in [7, 11) is 0. The molecule has 1 aromatic carbocycles. The van der Waals surface area contributed by atoms with Gasteiger partial charge in [-0.05, 0) is 18.6 Å². The van der Waals surface area contributed by atoms with Crippen LogP contribution in [0.15, 0.2) is 21.7 Å². The first-order valence-corrected chi connectivity index (χ1v) is 8.89. The van der Waals surface area contributed by atoms with E-state index in [-0.39, 0.29) is 30.8 Å². The molecule has 1 saturated heterocycles. The number of morpholine rings is 1. The summed E-state index contributed by atoms with van der Waals surface area (Å²) in [6.07, 6.45) is 0.240. The maximum Gasteiger partial charge on any atom is 0.325 e. The number of anilines is 1. The molecule has 0 spiro atoms. The monoisotopic (exact) mass is 392 g/mol. The van der Waals surface area contributed by atoms with E-state index in [1.54, 1.807) is 4.90 Å². The van der Waals surface area contributed by atoms with Gasteiger partial charge in [-0.2, -0.15) is 0 Å². The van der Waals surface area contributed by atoms with E-state index in [2.05, 4.69) is 9.97 Å². The van der Waals surface area contributed by atoms with Gasteiger partial charge in [-0.1, -0.05) is 0 Å². The highest BCUT2D eigenvalue weighted by atomic mass is 19.1. The van der Waals surface area contributed by atoms with Crippen molar-refractivity contribution in [3.63, 3.8) is 0 Å². The molecule has 148 valence electrons. The van der Waals surface area contributed by atoms with Gasteiger partial charge in [-0.25, -0.2) is 13.6 Å². The van der Waals surface area contributed by atoms with E-state index < -0.39 is 28.8 Å². The number of H-pyrrole nitrogens is 2. The zero-order valence-corrected chi connectivity index (χ0v) is 14.9. The van der Waals surface area contributed by atoms with E-state index in [4.69, 9.17) is 4.74 Å². The summed E-state index contributed by atoms with van der Waals surface area (Å²) < 4.78 is 34.4. The van der Waals surface area contributed by atoms with Crippen molar-refractivity contribution in [3.8, 4) is 0 Å². The highest BCUT2D eigenvalue weighted by Crippen LogP contribution is 2.27. The normalized spacial score (nSPS) is 16.8. The number of amides is 1. The van der Waals surface area contributed by atoms with Gasteiger partial charge in [0.25, 0.3) is 11.5 Å². The molecule has 0 radical (unpaired) electrons. The van der Waals surface area contributed by atoms with Crippen molar-refractivity contribution in [2.45, 2.75) is 13.0 Å². The first kappa shape index (κ1) is 18.4. The van der Waals surface area contributed by atoms with Crippen molar-refractivity contribution < 1.29 is 18.3 Å². The van der Waals surface area contributed by atoms with E-state index in [0.29, 0.717) is 37.6 Å². The molecule has 28 heavy (non-hydrogen) atoms. The van der Waals surface area contributed by atoms with Crippen molar-refractivity contribution >= 4 is 11.6 Å². The number of nitrogens with zero attached hydrogens (tertiary/aromatic N) is 2. The van der Waals surface area contributed by atoms with Crippen LogP contribution in [0.2, 0.25) is 0 Å². The van der Waals surface area contributed by atoms with Crippen LogP contribution in [0.25, 0.3) is 0 Å². The summed E-state index contributed by atoms with van der Waals surface area (Å²) in [6, 6.07) is 2.04. The number of rotatable bonds is 2. The Balaban J connectivity index is 1.60. The van der Waals surface area contributed by atoms with Crippen LogP contribution in [-0.2, 0) is 17.7 Å². The third-order valence-electron chi connectivity index (χ3n) is 4.99. The highest BCUT2D eigenvalue weighted by Gasteiger charge is 2.27. The highest BCUT2D eigenvalue weighted by molar-refractivity contribution is 5.94. The summed E-state index contributed by atoms with van der Waals surface area (Å²) in [5.74, 6) is -2.20. The van der Waals surface area contributed by atoms with Gasteiger partial charge in [0.2, 0.25) is 0 Å². The van der Waals surface area contributed by atoms with Crippen LogP contribution >= 0.6 is 0 Å². The molecule has 2 N–H and O–H groups in total. The number of hydrogen-bond acceptors (Lipinski definition) is 5. The molecule has 0 aliphatic carbocycles. The van der Waals surface area contributed by atoms with Gasteiger partial charge < -0.3 is 19.5 Å². The molecule has 0 atom stereocenters. The number of benzene rings is 1. The average Bonchev–Trinajstić information content (AvgIpc) is 2.67. The summed E-state index contributed by atoms with van der Waals surface area (Å²) in [5, 5.41) is 0. The average molecular weight is 392 g/mol. The zero-order valence-electron chi connectivity index (χ0n) is 14.9. The summed E-state index contributed by atoms with van der Waals surface area (Å²) in [5.41, 5.74) is -0.701. The van der Waals surface area contributed by atoms with Crippen LogP contribution in [0.1, 0.15) is 21.6 Å². The van der Waals surface area contributed by atoms with E-state index in [1.807, 2.05) is 0 Å². The van der Waals surface area contributed by atoms with Crippen molar-refractivity contribution in [1.29, 1.82) is 0 Å². The number of carbonyl (C=O) groups is 1. The lowest BCUT2D eigenvalue weighted by molar-refractivity contribution is 0.0730. The summed E-state index contributed by atoms with van der Waals surface area (Å²) in [4.78, 5) is 43.6. The minimum absolute atomic E-state index is 0.0121. The Morgan fingerprint density at radius 3 is 2.39 bits per heavy atom. The number of nitrogens with one attached hydrogen (secondary N) is 2. The van der Waals surface area contributed by atoms with Crippen molar-refractivity contribution in [1.82, 2.24) is 14.9 Å². The maximum absolute atomic E-state index is 14.6. The maximum atomic E-state index is 14.6. The Labute approximate surface area is 157 Å². The molecule has 2 aliphatic rings. The van der Waals surface area contributed by atoms with Crippen LogP contribution in [0.5, 0.6) is 0 Å². The Kier molecular flexibility index (Phi) is 4.71. The molecule has 1 amide bonds. The van der Waals surface area contributed by atoms with E-state index >= 15 is 0 Å². The Morgan fingerprint density at radius 2 is 1.71 bits per heavy atom. The van der Waals surface area contributed by atoms with Gasteiger partial charge in [0.15, 0.2) is 0 Å². The number of ether oxygens (including phenoxy) is 1. The van der Waals surface area contributed by atoms with Crippen LogP contribution in [0.4, 0.5) is 14.5 Å². The smallest absolute Gasteiger partial charge is 0.325 e. The first-order chi connectivity index (χ1) is 13.4. The molecule has 0 saturated carbocycles. The first-order valence-electron chi connectivity index (χ1n) is 8.89. The molecule has 0 unspecified atom stereocenters. The molecule has 2 aromatic rings. The fraction of sp³-hybridized carbons (Fsp3) is 0.389. The molecule has 8 nitrogen and oxygen atoms in total. The summed E-state index contributed by atoms with van der Waals surface area (Å²) >= 11 is 0. The number of carbonyl (C=O) groups excluding carboxylic acids is 1.